The number of aromatic nitrogens is 2. The van der Waals surface area contributed by atoms with Gasteiger partial charge in [-0.05, 0) is 24.6 Å². The van der Waals surface area contributed by atoms with Gasteiger partial charge in [-0.3, -0.25) is 19.7 Å². The van der Waals surface area contributed by atoms with E-state index in [1.54, 1.807) is 61.5 Å². The first kappa shape index (κ1) is 22.3. The third kappa shape index (κ3) is 4.51. The molecule has 0 fully saturated rings. The number of aryl methyl sites for hydroxylation is 1. The quantitative estimate of drug-likeness (QED) is 0.255. The summed E-state index contributed by atoms with van der Waals surface area (Å²) in [4.78, 5) is 49.1. The standard InChI is InChI=1S/C24H18N4O6/c1-14-11-12-18(19(13-14)28(32)33)25-23(30)21(15-7-3-2-4-8-15)34-24(31)20-16-9-5-6-10-17(16)22(29)27-26-20/h2-13,21H,1H3,(H,25,30)(H,27,29)/t21-/m0/s1. The molecule has 4 rings (SSSR count). The molecule has 10 heteroatoms. The minimum atomic E-state index is -1.44. The fourth-order valence-electron chi connectivity index (χ4n) is 3.43. The van der Waals surface area contributed by atoms with Gasteiger partial charge in [0.1, 0.15) is 5.69 Å². The van der Waals surface area contributed by atoms with Crippen LogP contribution in [-0.2, 0) is 9.53 Å². The number of benzene rings is 3. The second-order valence-corrected chi connectivity index (χ2v) is 7.41. The normalized spacial score (nSPS) is 11.6. The van der Waals surface area contributed by atoms with Crippen molar-refractivity contribution < 1.29 is 19.2 Å². The number of rotatable bonds is 6. The van der Waals surface area contributed by atoms with Crippen LogP contribution in [0.2, 0.25) is 0 Å². The summed E-state index contributed by atoms with van der Waals surface area (Å²) in [6.45, 7) is 1.69. The number of nitrogens with one attached hydrogen (secondary N) is 2. The zero-order valence-corrected chi connectivity index (χ0v) is 17.8. The monoisotopic (exact) mass is 458 g/mol. The predicted octanol–water partition coefficient (Wildman–Crippen LogP) is 3.68. The Bertz CT molecular complexity index is 1470. The number of ether oxygens (including phenoxy) is 1. The predicted molar refractivity (Wildman–Crippen MR) is 123 cm³/mol. The summed E-state index contributed by atoms with van der Waals surface area (Å²) < 4.78 is 5.52. The number of H-pyrrole nitrogens is 1. The Kier molecular flexibility index (Phi) is 6.13. The molecule has 2 N–H and O–H groups in total. The molecule has 0 saturated heterocycles. The maximum atomic E-state index is 13.2. The molecule has 3 aromatic carbocycles. The lowest BCUT2D eigenvalue weighted by Crippen LogP contribution is -2.27. The van der Waals surface area contributed by atoms with E-state index in [1.807, 2.05) is 0 Å². The molecule has 0 aliphatic carbocycles. The molecule has 0 radical (unpaired) electrons. The molecule has 0 saturated carbocycles. The highest BCUT2D eigenvalue weighted by Crippen LogP contribution is 2.28. The van der Waals surface area contributed by atoms with Gasteiger partial charge in [0.05, 0.1) is 10.3 Å². The molecule has 34 heavy (non-hydrogen) atoms. The number of amides is 1. The Balaban J connectivity index is 1.69. The fraction of sp³-hybridized carbons (Fsp3) is 0.0833. The van der Waals surface area contributed by atoms with Crippen molar-refractivity contribution in [2.75, 3.05) is 5.32 Å². The minimum Gasteiger partial charge on any atom is -0.442 e. The van der Waals surface area contributed by atoms with Gasteiger partial charge < -0.3 is 10.1 Å². The Morgan fingerprint density at radius 1 is 1.03 bits per heavy atom. The molecule has 1 heterocycles. The van der Waals surface area contributed by atoms with E-state index in [-0.39, 0.29) is 27.8 Å². The maximum absolute atomic E-state index is 13.2. The molecule has 0 aliphatic heterocycles. The first-order chi connectivity index (χ1) is 16.3. The lowest BCUT2D eigenvalue weighted by atomic mass is 10.1. The zero-order chi connectivity index (χ0) is 24.2. The number of hydrogen-bond donors (Lipinski definition) is 2. The molecule has 10 nitrogen and oxygen atoms in total. The van der Waals surface area contributed by atoms with Crippen LogP contribution in [0.25, 0.3) is 10.8 Å². The van der Waals surface area contributed by atoms with Crippen LogP contribution in [0, 0.1) is 17.0 Å². The molecule has 4 aromatic rings. The summed E-state index contributed by atoms with van der Waals surface area (Å²) in [6, 6.07) is 18.9. The van der Waals surface area contributed by atoms with Gasteiger partial charge in [-0.15, -0.1) is 0 Å². The van der Waals surface area contributed by atoms with Crippen LogP contribution in [0.3, 0.4) is 0 Å². The van der Waals surface area contributed by atoms with E-state index in [1.165, 1.54) is 18.2 Å². The van der Waals surface area contributed by atoms with Crippen molar-refractivity contribution in [2.45, 2.75) is 13.0 Å². The van der Waals surface area contributed by atoms with Gasteiger partial charge in [0.25, 0.3) is 17.2 Å². The molecule has 0 unspecified atom stereocenters. The molecule has 0 aliphatic rings. The Labute approximate surface area is 192 Å². The number of carbonyl (C=O) groups excluding carboxylic acids is 2. The van der Waals surface area contributed by atoms with Crippen molar-refractivity contribution in [3.63, 3.8) is 0 Å². The van der Waals surface area contributed by atoms with Crippen molar-refractivity contribution in [1.29, 1.82) is 0 Å². The van der Waals surface area contributed by atoms with Gasteiger partial charge in [0.15, 0.2) is 5.69 Å². The summed E-state index contributed by atoms with van der Waals surface area (Å²) in [5, 5.41) is 20.5. The van der Waals surface area contributed by atoms with Crippen LogP contribution in [0.5, 0.6) is 0 Å². The third-order valence-corrected chi connectivity index (χ3v) is 5.06. The van der Waals surface area contributed by atoms with Crippen LogP contribution in [0.4, 0.5) is 11.4 Å². The molecule has 1 aromatic heterocycles. The van der Waals surface area contributed by atoms with Crippen molar-refractivity contribution in [3.8, 4) is 0 Å². The highest BCUT2D eigenvalue weighted by atomic mass is 16.6. The molecular formula is C24H18N4O6. The number of hydrogen-bond acceptors (Lipinski definition) is 7. The third-order valence-electron chi connectivity index (χ3n) is 5.06. The lowest BCUT2D eigenvalue weighted by Gasteiger charge is -2.18. The van der Waals surface area contributed by atoms with Gasteiger partial charge in [0, 0.05) is 17.0 Å². The van der Waals surface area contributed by atoms with Gasteiger partial charge in [-0.25, -0.2) is 9.89 Å². The van der Waals surface area contributed by atoms with Crippen LogP contribution in [0.15, 0.2) is 77.6 Å². The van der Waals surface area contributed by atoms with Gasteiger partial charge in [0.2, 0.25) is 6.10 Å². The van der Waals surface area contributed by atoms with Crippen LogP contribution in [-0.4, -0.2) is 27.0 Å². The topological polar surface area (TPSA) is 144 Å². The Morgan fingerprint density at radius 2 is 1.71 bits per heavy atom. The zero-order valence-electron chi connectivity index (χ0n) is 17.8. The summed E-state index contributed by atoms with van der Waals surface area (Å²) >= 11 is 0. The lowest BCUT2D eigenvalue weighted by molar-refractivity contribution is -0.384. The van der Waals surface area contributed by atoms with E-state index in [2.05, 4.69) is 15.5 Å². The highest BCUT2D eigenvalue weighted by Gasteiger charge is 2.29. The van der Waals surface area contributed by atoms with Crippen molar-refractivity contribution in [3.05, 3.63) is 110 Å². The van der Waals surface area contributed by atoms with E-state index in [9.17, 15) is 24.5 Å². The average molecular weight is 458 g/mol. The van der Waals surface area contributed by atoms with Gasteiger partial charge in [-0.2, -0.15) is 5.10 Å². The average Bonchev–Trinajstić information content (AvgIpc) is 2.84. The van der Waals surface area contributed by atoms with Crippen molar-refractivity contribution >= 4 is 34.0 Å². The Morgan fingerprint density at radius 3 is 2.41 bits per heavy atom. The molecular weight excluding hydrogens is 440 g/mol. The maximum Gasteiger partial charge on any atom is 0.360 e. The van der Waals surface area contributed by atoms with E-state index in [0.29, 0.717) is 11.1 Å². The number of nitro benzene ring substituents is 1. The van der Waals surface area contributed by atoms with Crippen molar-refractivity contribution in [2.24, 2.45) is 0 Å². The van der Waals surface area contributed by atoms with Gasteiger partial charge >= 0.3 is 5.97 Å². The number of anilines is 1. The van der Waals surface area contributed by atoms with Crippen LogP contribution in [0.1, 0.15) is 27.7 Å². The largest absolute Gasteiger partial charge is 0.442 e. The van der Waals surface area contributed by atoms with Crippen LogP contribution < -0.4 is 10.9 Å². The number of carbonyl (C=O) groups is 2. The van der Waals surface area contributed by atoms with Crippen molar-refractivity contribution in [1.82, 2.24) is 10.2 Å². The SMILES string of the molecule is Cc1ccc(NC(=O)[C@@H](OC(=O)c2n[nH]c(=O)c3ccccc23)c2ccccc2)c([N+](=O)[O-])c1. The number of aromatic amines is 1. The highest BCUT2D eigenvalue weighted by molar-refractivity contribution is 6.04. The first-order valence-electron chi connectivity index (χ1n) is 10.1. The summed E-state index contributed by atoms with van der Waals surface area (Å²) in [5.41, 5.74) is 0.00927. The van der Waals surface area contributed by atoms with Crippen LogP contribution >= 0.6 is 0 Å². The number of nitro groups is 1. The molecule has 1 amide bonds. The summed E-state index contributed by atoms with van der Waals surface area (Å²) in [6.07, 6.45) is -1.44. The summed E-state index contributed by atoms with van der Waals surface area (Å²) in [7, 11) is 0. The van der Waals surface area contributed by atoms with E-state index >= 15 is 0 Å². The fourth-order valence-corrected chi connectivity index (χ4v) is 3.43. The molecule has 1 atom stereocenters. The Hall–Kier alpha value is -4.86. The second-order valence-electron chi connectivity index (χ2n) is 7.41. The number of esters is 1. The minimum absolute atomic E-state index is 0.0369. The van der Waals surface area contributed by atoms with E-state index in [4.69, 9.17) is 4.74 Å². The smallest absolute Gasteiger partial charge is 0.360 e. The molecule has 0 spiro atoms. The summed E-state index contributed by atoms with van der Waals surface area (Å²) in [5.74, 6) is -1.74. The molecule has 170 valence electrons. The van der Waals surface area contributed by atoms with E-state index < -0.39 is 28.5 Å². The van der Waals surface area contributed by atoms with Gasteiger partial charge in [-0.1, -0.05) is 54.6 Å². The second kappa shape index (κ2) is 9.33. The number of fused-ring (bicyclic) bond motifs is 1. The number of nitrogens with zero attached hydrogens (tertiary/aromatic N) is 2. The molecule has 0 bridgehead atoms. The first-order valence-corrected chi connectivity index (χ1v) is 10.1. The van der Waals surface area contributed by atoms with E-state index in [0.717, 1.165) is 0 Å².